The number of para-hydroxylation sites is 1. The van der Waals surface area contributed by atoms with E-state index in [9.17, 15) is 18.0 Å². The van der Waals surface area contributed by atoms with E-state index in [-0.39, 0.29) is 41.4 Å². The molecule has 0 radical (unpaired) electrons. The SMILES string of the molecule is COc1cccc(C(N)=O)c1OCC(=O)N1CCN(C2CCS(=O)(=O)C2)CC1. The molecule has 154 valence electrons. The second-order valence-electron chi connectivity index (χ2n) is 6.96. The monoisotopic (exact) mass is 411 g/mol. The fraction of sp³-hybridized carbons (Fsp3) is 0.556. The van der Waals surface area contributed by atoms with Crippen LogP contribution in [0, 0.1) is 0 Å². The Labute approximate surface area is 164 Å². The average Bonchev–Trinajstić information content (AvgIpc) is 3.05. The summed E-state index contributed by atoms with van der Waals surface area (Å²) in [4.78, 5) is 27.9. The van der Waals surface area contributed by atoms with Gasteiger partial charge in [-0.2, -0.15) is 0 Å². The summed E-state index contributed by atoms with van der Waals surface area (Å²) in [6.07, 6.45) is 0.656. The summed E-state index contributed by atoms with van der Waals surface area (Å²) in [5, 5.41) is 0. The minimum atomic E-state index is -2.92. The lowest BCUT2D eigenvalue weighted by atomic mass is 10.1. The number of nitrogens with zero attached hydrogens (tertiary/aromatic N) is 2. The third-order valence-electron chi connectivity index (χ3n) is 5.20. The van der Waals surface area contributed by atoms with Gasteiger partial charge in [0.25, 0.3) is 11.8 Å². The molecule has 1 atom stereocenters. The number of carbonyl (C=O) groups is 2. The van der Waals surface area contributed by atoms with E-state index in [1.54, 1.807) is 17.0 Å². The maximum atomic E-state index is 12.5. The molecule has 28 heavy (non-hydrogen) atoms. The Balaban J connectivity index is 1.55. The van der Waals surface area contributed by atoms with Crippen molar-refractivity contribution < 1.29 is 27.5 Å². The van der Waals surface area contributed by atoms with Gasteiger partial charge < -0.3 is 20.1 Å². The normalized spacial score (nSPS) is 22.0. The van der Waals surface area contributed by atoms with Crippen molar-refractivity contribution >= 4 is 21.7 Å². The van der Waals surface area contributed by atoms with Gasteiger partial charge in [-0.25, -0.2) is 8.42 Å². The van der Waals surface area contributed by atoms with Crippen molar-refractivity contribution in [1.82, 2.24) is 9.80 Å². The third kappa shape index (κ3) is 4.56. The first-order valence-corrected chi connectivity index (χ1v) is 10.9. The molecule has 1 aromatic carbocycles. The lowest BCUT2D eigenvalue weighted by molar-refractivity contribution is -0.135. The van der Waals surface area contributed by atoms with Gasteiger partial charge in [0.1, 0.15) is 0 Å². The third-order valence-corrected chi connectivity index (χ3v) is 6.95. The molecule has 0 saturated carbocycles. The zero-order valence-electron chi connectivity index (χ0n) is 15.8. The number of methoxy groups -OCH3 is 1. The minimum Gasteiger partial charge on any atom is -0.493 e. The van der Waals surface area contributed by atoms with Crippen molar-refractivity contribution in [3.8, 4) is 11.5 Å². The highest BCUT2D eigenvalue weighted by Crippen LogP contribution is 2.30. The Bertz CT molecular complexity index is 849. The smallest absolute Gasteiger partial charge is 0.260 e. The van der Waals surface area contributed by atoms with E-state index < -0.39 is 15.7 Å². The van der Waals surface area contributed by atoms with Crippen LogP contribution in [-0.2, 0) is 14.6 Å². The molecule has 2 amide bonds. The predicted octanol–water partition coefficient (Wildman–Crippen LogP) is -0.496. The van der Waals surface area contributed by atoms with Gasteiger partial charge in [-0.3, -0.25) is 14.5 Å². The summed E-state index contributed by atoms with van der Waals surface area (Å²) in [6.45, 7) is 2.04. The van der Waals surface area contributed by atoms with Gasteiger partial charge in [-0.1, -0.05) is 6.07 Å². The molecule has 2 aliphatic rings. The number of sulfone groups is 1. The van der Waals surface area contributed by atoms with E-state index in [0.717, 1.165) is 0 Å². The molecule has 1 unspecified atom stereocenters. The Hall–Kier alpha value is -2.33. The van der Waals surface area contributed by atoms with E-state index >= 15 is 0 Å². The molecule has 0 aromatic heterocycles. The van der Waals surface area contributed by atoms with Crippen LogP contribution in [0.15, 0.2) is 18.2 Å². The van der Waals surface area contributed by atoms with E-state index in [2.05, 4.69) is 4.90 Å². The molecule has 9 nitrogen and oxygen atoms in total. The minimum absolute atomic E-state index is 0.0465. The number of hydrogen-bond donors (Lipinski definition) is 1. The summed E-state index contributed by atoms with van der Waals surface area (Å²) in [5.41, 5.74) is 5.52. The van der Waals surface area contributed by atoms with E-state index in [4.69, 9.17) is 15.2 Å². The van der Waals surface area contributed by atoms with Crippen molar-refractivity contribution in [2.24, 2.45) is 5.73 Å². The highest BCUT2D eigenvalue weighted by molar-refractivity contribution is 7.91. The number of nitrogens with two attached hydrogens (primary N) is 1. The summed E-state index contributed by atoms with van der Waals surface area (Å²) < 4.78 is 34.1. The first-order valence-electron chi connectivity index (χ1n) is 9.12. The number of hydrogen-bond acceptors (Lipinski definition) is 7. The van der Waals surface area contributed by atoms with Crippen LogP contribution in [0.5, 0.6) is 11.5 Å². The van der Waals surface area contributed by atoms with Crippen molar-refractivity contribution in [3.05, 3.63) is 23.8 Å². The summed E-state index contributed by atoms with van der Waals surface area (Å²) in [5.74, 6) is 0.0537. The van der Waals surface area contributed by atoms with E-state index in [1.165, 1.54) is 13.2 Å². The lowest BCUT2D eigenvalue weighted by Gasteiger charge is -2.37. The lowest BCUT2D eigenvalue weighted by Crippen LogP contribution is -2.53. The predicted molar refractivity (Wildman–Crippen MR) is 102 cm³/mol. The fourth-order valence-electron chi connectivity index (χ4n) is 3.64. The van der Waals surface area contributed by atoms with Crippen molar-refractivity contribution in [3.63, 3.8) is 0 Å². The van der Waals surface area contributed by atoms with Crippen LogP contribution in [0.2, 0.25) is 0 Å². The Morgan fingerprint density at radius 3 is 2.50 bits per heavy atom. The van der Waals surface area contributed by atoms with Crippen LogP contribution in [0.4, 0.5) is 0 Å². The largest absolute Gasteiger partial charge is 0.493 e. The van der Waals surface area contributed by atoms with Crippen LogP contribution < -0.4 is 15.2 Å². The number of carbonyl (C=O) groups excluding carboxylic acids is 2. The molecule has 2 aliphatic heterocycles. The first kappa shape index (κ1) is 20.4. The van der Waals surface area contributed by atoms with E-state index in [0.29, 0.717) is 38.3 Å². The van der Waals surface area contributed by atoms with Gasteiger partial charge in [-0.05, 0) is 18.6 Å². The zero-order valence-corrected chi connectivity index (χ0v) is 16.6. The fourth-order valence-corrected chi connectivity index (χ4v) is 5.41. The van der Waals surface area contributed by atoms with Crippen LogP contribution in [-0.4, -0.2) is 87.5 Å². The van der Waals surface area contributed by atoms with Crippen LogP contribution >= 0.6 is 0 Å². The van der Waals surface area contributed by atoms with Crippen molar-refractivity contribution in [2.75, 3.05) is 51.4 Å². The molecule has 0 bridgehead atoms. The maximum Gasteiger partial charge on any atom is 0.260 e. The second-order valence-corrected chi connectivity index (χ2v) is 9.19. The van der Waals surface area contributed by atoms with Gasteiger partial charge in [-0.15, -0.1) is 0 Å². The molecule has 2 heterocycles. The van der Waals surface area contributed by atoms with Gasteiger partial charge >= 0.3 is 0 Å². The first-order chi connectivity index (χ1) is 13.3. The van der Waals surface area contributed by atoms with E-state index in [1.807, 2.05) is 0 Å². The standard InChI is InChI=1S/C18H25N3O6S/c1-26-15-4-2-3-14(18(19)23)17(15)27-11-16(22)21-8-6-20(7-9-21)13-5-10-28(24,25)12-13/h2-4,13H,5-12H2,1H3,(H2,19,23). The number of primary amides is 1. The number of ether oxygens (including phenoxy) is 2. The van der Waals surface area contributed by atoms with Crippen LogP contribution in [0.1, 0.15) is 16.8 Å². The molecule has 0 spiro atoms. The summed E-state index contributed by atoms with van der Waals surface area (Å²) >= 11 is 0. The molecule has 2 fully saturated rings. The topological polar surface area (TPSA) is 119 Å². The molecule has 3 rings (SSSR count). The Morgan fingerprint density at radius 1 is 1.21 bits per heavy atom. The van der Waals surface area contributed by atoms with Gasteiger partial charge in [0.05, 0.1) is 24.2 Å². The van der Waals surface area contributed by atoms with Gasteiger partial charge in [0, 0.05) is 32.2 Å². The molecular weight excluding hydrogens is 386 g/mol. The second kappa shape index (κ2) is 8.36. The molecule has 10 heteroatoms. The Kier molecular flexibility index (Phi) is 6.09. The number of rotatable bonds is 6. The van der Waals surface area contributed by atoms with Crippen molar-refractivity contribution in [1.29, 1.82) is 0 Å². The molecule has 0 aliphatic carbocycles. The van der Waals surface area contributed by atoms with Crippen molar-refractivity contribution in [2.45, 2.75) is 12.5 Å². The average molecular weight is 411 g/mol. The molecule has 1 aromatic rings. The van der Waals surface area contributed by atoms with Gasteiger partial charge in [0.15, 0.2) is 27.9 Å². The highest BCUT2D eigenvalue weighted by Gasteiger charge is 2.34. The zero-order chi connectivity index (χ0) is 20.3. The van der Waals surface area contributed by atoms with Gasteiger partial charge in [0.2, 0.25) is 0 Å². The Morgan fingerprint density at radius 2 is 1.93 bits per heavy atom. The molecule has 2 saturated heterocycles. The maximum absolute atomic E-state index is 12.5. The number of amides is 2. The summed E-state index contributed by atoms with van der Waals surface area (Å²) in [7, 11) is -1.48. The quantitative estimate of drug-likeness (QED) is 0.670. The summed E-state index contributed by atoms with van der Waals surface area (Å²) in [6, 6.07) is 4.81. The number of benzene rings is 1. The molecular formula is C18H25N3O6S. The highest BCUT2D eigenvalue weighted by atomic mass is 32.2. The number of piperazine rings is 1. The van der Waals surface area contributed by atoms with Crippen LogP contribution in [0.3, 0.4) is 0 Å². The molecule has 2 N–H and O–H groups in total. The van der Waals surface area contributed by atoms with Crippen LogP contribution in [0.25, 0.3) is 0 Å².